The predicted octanol–water partition coefficient (Wildman–Crippen LogP) is 0.698. The van der Waals surface area contributed by atoms with Crippen molar-refractivity contribution < 1.29 is 9.53 Å². The zero-order valence-corrected chi connectivity index (χ0v) is 13.2. The quantitative estimate of drug-likeness (QED) is 0.832. The zero-order chi connectivity index (χ0) is 14.7. The molecule has 3 aliphatic rings. The molecule has 3 aliphatic heterocycles. The Morgan fingerprint density at radius 2 is 2.00 bits per heavy atom. The summed E-state index contributed by atoms with van der Waals surface area (Å²) in [6.07, 6.45) is 5.09. The Morgan fingerprint density at radius 3 is 2.71 bits per heavy atom. The molecule has 120 valence electrons. The molecule has 0 aliphatic carbocycles. The van der Waals surface area contributed by atoms with Crippen molar-refractivity contribution in [1.29, 1.82) is 0 Å². The second-order valence-corrected chi connectivity index (χ2v) is 6.67. The van der Waals surface area contributed by atoms with E-state index in [9.17, 15) is 4.79 Å². The Balaban J connectivity index is 1.61. The van der Waals surface area contributed by atoms with E-state index in [1.54, 1.807) is 0 Å². The van der Waals surface area contributed by atoms with Crippen LogP contribution in [0.25, 0.3) is 0 Å². The average Bonchev–Trinajstić information content (AvgIpc) is 3.04. The van der Waals surface area contributed by atoms with E-state index < -0.39 is 0 Å². The van der Waals surface area contributed by atoms with Crippen LogP contribution in [0, 0.1) is 5.92 Å². The van der Waals surface area contributed by atoms with Crippen LogP contribution in [0.3, 0.4) is 0 Å². The van der Waals surface area contributed by atoms with Gasteiger partial charge >= 0.3 is 0 Å². The number of morpholine rings is 1. The van der Waals surface area contributed by atoms with E-state index in [2.05, 4.69) is 17.1 Å². The molecule has 0 bridgehead atoms. The van der Waals surface area contributed by atoms with Gasteiger partial charge in [0.1, 0.15) is 0 Å². The molecule has 3 saturated heterocycles. The molecule has 3 fully saturated rings. The Labute approximate surface area is 128 Å². The van der Waals surface area contributed by atoms with Crippen LogP contribution in [0.1, 0.15) is 32.6 Å². The molecular weight excluding hydrogens is 266 g/mol. The van der Waals surface area contributed by atoms with Crippen molar-refractivity contribution in [1.82, 2.24) is 15.1 Å². The van der Waals surface area contributed by atoms with Gasteiger partial charge in [0.25, 0.3) is 0 Å². The number of hydrogen-bond donors (Lipinski definition) is 1. The highest BCUT2D eigenvalue weighted by Crippen LogP contribution is 2.30. The molecule has 0 radical (unpaired) electrons. The van der Waals surface area contributed by atoms with Gasteiger partial charge in [-0.3, -0.25) is 9.69 Å². The molecule has 3 unspecified atom stereocenters. The van der Waals surface area contributed by atoms with Crippen molar-refractivity contribution in [2.24, 2.45) is 5.92 Å². The zero-order valence-electron chi connectivity index (χ0n) is 13.2. The molecule has 3 heterocycles. The lowest BCUT2D eigenvalue weighted by Crippen LogP contribution is -2.54. The van der Waals surface area contributed by atoms with Crippen LogP contribution in [0.4, 0.5) is 0 Å². The third kappa shape index (κ3) is 3.41. The molecule has 1 N–H and O–H groups in total. The summed E-state index contributed by atoms with van der Waals surface area (Å²) in [5.41, 5.74) is 0. The molecule has 0 saturated carbocycles. The summed E-state index contributed by atoms with van der Waals surface area (Å²) in [6, 6.07) is 0.621. The third-order valence-electron chi connectivity index (χ3n) is 5.40. The normalized spacial score (nSPS) is 33.1. The van der Waals surface area contributed by atoms with Gasteiger partial charge in [-0.15, -0.1) is 0 Å². The topological polar surface area (TPSA) is 44.8 Å². The number of carbonyl (C=O) groups is 1. The predicted molar refractivity (Wildman–Crippen MR) is 82.2 cm³/mol. The minimum atomic E-state index is 0.0255. The maximum absolute atomic E-state index is 12.7. The summed E-state index contributed by atoms with van der Waals surface area (Å²) in [7, 11) is 0. The SMILES string of the molecule is CC(C(=O)N1CCOCC1)N1CCCC1C1CCCNC1. The largest absolute Gasteiger partial charge is 0.378 e. The van der Waals surface area contributed by atoms with E-state index in [4.69, 9.17) is 4.74 Å². The lowest BCUT2D eigenvalue weighted by Gasteiger charge is -2.39. The number of piperidine rings is 1. The van der Waals surface area contributed by atoms with Crippen LogP contribution < -0.4 is 5.32 Å². The molecule has 5 heteroatoms. The molecular formula is C16H29N3O2. The highest BCUT2D eigenvalue weighted by atomic mass is 16.5. The first kappa shape index (κ1) is 15.3. The smallest absolute Gasteiger partial charge is 0.239 e. The molecule has 0 spiro atoms. The first-order chi connectivity index (χ1) is 10.3. The molecule has 1 amide bonds. The van der Waals surface area contributed by atoms with Crippen molar-refractivity contribution in [2.45, 2.75) is 44.7 Å². The van der Waals surface area contributed by atoms with Crippen LogP contribution in [0.15, 0.2) is 0 Å². The first-order valence-corrected chi connectivity index (χ1v) is 8.60. The summed E-state index contributed by atoms with van der Waals surface area (Å²) in [5.74, 6) is 1.02. The Bertz CT molecular complexity index is 351. The highest BCUT2D eigenvalue weighted by molar-refractivity contribution is 5.81. The van der Waals surface area contributed by atoms with Gasteiger partial charge in [0.15, 0.2) is 0 Å². The monoisotopic (exact) mass is 295 g/mol. The van der Waals surface area contributed by atoms with Crippen molar-refractivity contribution in [2.75, 3.05) is 45.9 Å². The lowest BCUT2D eigenvalue weighted by atomic mass is 9.89. The number of hydrogen-bond acceptors (Lipinski definition) is 4. The lowest BCUT2D eigenvalue weighted by molar-refractivity contribution is -0.141. The van der Waals surface area contributed by atoms with Crippen molar-refractivity contribution in [3.63, 3.8) is 0 Å². The number of carbonyl (C=O) groups excluding carboxylic acids is 1. The van der Waals surface area contributed by atoms with Gasteiger partial charge in [0.05, 0.1) is 19.3 Å². The third-order valence-corrected chi connectivity index (χ3v) is 5.40. The van der Waals surface area contributed by atoms with Crippen molar-refractivity contribution in [3.8, 4) is 0 Å². The van der Waals surface area contributed by atoms with Crippen LogP contribution >= 0.6 is 0 Å². The average molecular weight is 295 g/mol. The van der Waals surface area contributed by atoms with Gasteiger partial charge in [-0.25, -0.2) is 0 Å². The number of nitrogens with zero attached hydrogens (tertiary/aromatic N) is 2. The summed E-state index contributed by atoms with van der Waals surface area (Å²) in [5, 5.41) is 3.53. The summed E-state index contributed by atoms with van der Waals surface area (Å²) in [4.78, 5) is 17.2. The number of ether oxygens (including phenoxy) is 1. The van der Waals surface area contributed by atoms with Gasteiger partial charge in [0, 0.05) is 19.1 Å². The number of nitrogens with one attached hydrogen (secondary N) is 1. The first-order valence-electron chi connectivity index (χ1n) is 8.60. The minimum absolute atomic E-state index is 0.0255. The van der Waals surface area contributed by atoms with Crippen LogP contribution in [0.5, 0.6) is 0 Å². The van der Waals surface area contributed by atoms with E-state index in [1.165, 1.54) is 25.7 Å². The molecule has 3 rings (SSSR count). The summed E-state index contributed by atoms with van der Waals surface area (Å²) < 4.78 is 5.36. The molecule has 5 nitrogen and oxygen atoms in total. The summed E-state index contributed by atoms with van der Waals surface area (Å²) in [6.45, 7) is 8.36. The van der Waals surface area contributed by atoms with E-state index >= 15 is 0 Å². The maximum Gasteiger partial charge on any atom is 0.239 e. The number of likely N-dealkylation sites (tertiary alicyclic amines) is 1. The van der Waals surface area contributed by atoms with Gasteiger partial charge < -0.3 is 15.0 Å². The molecule has 0 aromatic carbocycles. The standard InChI is InChI=1S/C16H29N3O2/c1-13(16(20)18-8-10-21-11-9-18)19-7-3-5-15(19)14-4-2-6-17-12-14/h13-15,17H,2-12H2,1H3. The van der Waals surface area contributed by atoms with E-state index in [0.717, 1.165) is 38.6 Å². The fourth-order valence-corrected chi connectivity index (χ4v) is 4.20. The number of amides is 1. The van der Waals surface area contributed by atoms with E-state index in [-0.39, 0.29) is 6.04 Å². The highest BCUT2D eigenvalue weighted by Gasteiger charge is 2.38. The second kappa shape index (κ2) is 7.07. The van der Waals surface area contributed by atoms with E-state index in [0.29, 0.717) is 25.2 Å². The molecule has 0 aromatic rings. The van der Waals surface area contributed by atoms with Crippen LogP contribution in [-0.2, 0) is 9.53 Å². The second-order valence-electron chi connectivity index (χ2n) is 6.67. The Hall–Kier alpha value is -0.650. The maximum atomic E-state index is 12.7. The van der Waals surface area contributed by atoms with Gasteiger partial charge in [-0.05, 0) is 58.2 Å². The Morgan fingerprint density at radius 1 is 1.19 bits per heavy atom. The van der Waals surface area contributed by atoms with Crippen LogP contribution in [-0.4, -0.2) is 73.7 Å². The van der Waals surface area contributed by atoms with Gasteiger partial charge in [0.2, 0.25) is 5.91 Å². The van der Waals surface area contributed by atoms with Gasteiger partial charge in [-0.2, -0.15) is 0 Å². The fourth-order valence-electron chi connectivity index (χ4n) is 4.20. The molecule has 0 aromatic heterocycles. The van der Waals surface area contributed by atoms with Crippen LogP contribution in [0.2, 0.25) is 0 Å². The molecule has 21 heavy (non-hydrogen) atoms. The van der Waals surface area contributed by atoms with Gasteiger partial charge in [-0.1, -0.05) is 0 Å². The summed E-state index contributed by atoms with van der Waals surface area (Å²) >= 11 is 0. The Kier molecular flexibility index (Phi) is 5.14. The minimum Gasteiger partial charge on any atom is -0.378 e. The fraction of sp³-hybridized carbons (Fsp3) is 0.938. The van der Waals surface area contributed by atoms with Crippen molar-refractivity contribution >= 4 is 5.91 Å². The van der Waals surface area contributed by atoms with E-state index in [1.807, 2.05) is 4.90 Å². The number of rotatable bonds is 3. The molecule has 3 atom stereocenters. The van der Waals surface area contributed by atoms with Crippen molar-refractivity contribution in [3.05, 3.63) is 0 Å².